The predicted octanol–water partition coefficient (Wildman–Crippen LogP) is 6.51. The number of aromatic nitrogens is 1. The molecule has 1 aliphatic rings. The van der Waals surface area contributed by atoms with Gasteiger partial charge in [-0.2, -0.15) is 18.3 Å². The monoisotopic (exact) mass is 490 g/mol. The molecule has 0 aliphatic carbocycles. The number of thioether (sulfide) groups is 1. The van der Waals surface area contributed by atoms with Crippen molar-refractivity contribution in [3.63, 3.8) is 0 Å². The first-order valence-electron chi connectivity index (χ1n) is 9.85. The van der Waals surface area contributed by atoms with E-state index in [1.807, 2.05) is 18.4 Å². The van der Waals surface area contributed by atoms with Crippen molar-refractivity contribution in [1.29, 1.82) is 0 Å². The van der Waals surface area contributed by atoms with Gasteiger partial charge in [0.05, 0.1) is 29.4 Å². The highest BCUT2D eigenvalue weighted by Gasteiger charge is 2.35. The molecule has 5 nitrogen and oxygen atoms in total. The molecule has 33 heavy (non-hydrogen) atoms. The maximum absolute atomic E-state index is 13.0. The van der Waals surface area contributed by atoms with Gasteiger partial charge in [0.1, 0.15) is 0 Å². The van der Waals surface area contributed by atoms with Crippen LogP contribution >= 0.6 is 23.4 Å². The van der Waals surface area contributed by atoms with Crippen LogP contribution in [0.25, 0.3) is 0 Å². The van der Waals surface area contributed by atoms with Crippen molar-refractivity contribution in [1.82, 2.24) is 9.99 Å². The molecule has 2 aromatic carbocycles. The Morgan fingerprint density at radius 2 is 1.79 bits per heavy atom. The lowest BCUT2D eigenvalue weighted by atomic mass is 9.94. The number of carbonyl (C=O) groups is 1. The molecule has 1 aromatic heterocycles. The Morgan fingerprint density at radius 1 is 1.09 bits per heavy atom. The maximum Gasteiger partial charge on any atom is 0.417 e. The molecule has 0 saturated heterocycles. The molecule has 170 valence electrons. The molecule has 2 heterocycles. The molecule has 1 atom stereocenters. The van der Waals surface area contributed by atoms with E-state index < -0.39 is 23.7 Å². The topological polar surface area (TPSA) is 57.6 Å². The fraction of sp³-hybridized carbons (Fsp3) is 0.174. The van der Waals surface area contributed by atoms with Crippen molar-refractivity contribution in [3.05, 3.63) is 88.7 Å². The van der Waals surface area contributed by atoms with Crippen LogP contribution in [0.5, 0.6) is 0 Å². The maximum atomic E-state index is 13.0. The van der Waals surface area contributed by atoms with Gasteiger partial charge >= 0.3 is 12.2 Å². The first kappa shape index (κ1) is 23.1. The largest absolute Gasteiger partial charge is 0.417 e. The minimum absolute atomic E-state index is 0.130. The number of carbonyl (C=O) groups excluding carboxylic acids is 1. The second-order valence-electron chi connectivity index (χ2n) is 7.25. The second kappa shape index (κ2) is 9.44. The van der Waals surface area contributed by atoms with Crippen LogP contribution in [0, 0.1) is 0 Å². The highest BCUT2D eigenvalue weighted by molar-refractivity contribution is 7.98. The lowest BCUT2D eigenvalue weighted by Gasteiger charge is -2.16. The van der Waals surface area contributed by atoms with Gasteiger partial charge in [0, 0.05) is 21.8 Å². The van der Waals surface area contributed by atoms with Gasteiger partial charge in [-0.15, -0.1) is 11.8 Å². The molecule has 0 radical (unpaired) electrons. The van der Waals surface area contributed by atoms with Crippen molar-refractivity contribution >= 4 is 40.8 Å². The van der Waals surface area contributed by atoms with E-state index >= 15 is 0 Å². The van der Waals surface area contributed by atoms with Gasteiger partial charge in [-0.05, 0) is 60.4 Å². The highest BCUT2D eigenvalue weighted by atomic mass is 35.5. The summed E-state index contributed by atoms with van der Waals surface area (Å²) in [4.78, 5) is 18.0. The normalized spacial score (nSPS) is 16.0. The second-order valence-corrected chi connectivity index (χ2v) is 8.57. The molecule has 3 aromatic rings. The van der Waals surface area contributed by atoms with Crippen molar-refractivity contribution in [3.8, 4) is 0 Å². The zero-order valence-electron chi connectivity index (χ0n) is 17.3. The van der Waals surface area contributed by atoms with Crippen LogP contribution in [0.15, 0.2) is 76.9 Å². The van der Waals surface area contributed by atoms with E-state index in [2.05, 4.69) is 15.4 Å². The number of halogens is 4. The van der Waals surface area contributed by atoms with E-state index in [1.54, 1.807) is 48.2 Å². The van der Waals surface area contributed by atoms with Gasteiger partial charge in [-0.3, -0.25) is 4.98 Å². The number of benzene rings is 2. The number of nitrogens with one attached hydrogen (secondary N) is 1. The van der Waals surface area contributed by atoms with Crippen molar-refractivity contribution in [2.75, 3.05) is 18.1 Å². The number of nitrogens with zero attached hydrogens (tertiary/aromatic N) is 3. The molecular weight excluding hydrogens is 473 g/mol. The summed E-state index contributed by atoms with van der Waals surface area (Å²) in [5.41, 5.74) is 1.38. The average Bonchev–Trinajstić information content (AvgIpc) is 3.25. The Balaban J connectivity index is 1.61. The molecule has 1 aliphatic heterocycles. The number of rotatable bonds is 4. The molecule has 0 bridgehead atoms. The number of urea groups is 1. The van der Waals surface area contributed by atoms with Gasteiger partial charge < -0.3 is 5.32 Å². The van der Waals surface area contributed by atoms with E-state index in [4.69, 9.17) is 11.6 Å². The number of alkyl halides is 3. The molecule has 10 heteroatoms. The smallest absolute Gasteiger partial charge is 0.306 e. The number of hydrazone groups is 1. The van der Waals surface area contributed by atoms with Crippen molar-refractivity contribution in [2.45, 2.75) is 17.0 Å². The molecule has 4 rings (SSSR count). The van der Waals surface area contributed by atoms with Crippen LogP contribution in [-0.2, 0) is 6.18 Å². The summed E-state index contributed by atoms with van der Waals surface area (Å²) >= 11 is 7.58. The lowest BCUT2D eigenvalue weighted by molar-refractivity contribution is -0.137. The Morgan fingerprint density at radius 3 is 2.36 bits per heavy atom. The van der Waals surface area contributed by atoms with Crippen LogP contribution < -0.4 is 5.32 Å². The zero-order chi connectivity index (χ0) is 23.6. The third kappa shape index (κ3) is 5.31. The van der Waals surface area contributed by atoms with Crippen LogP contribution in [0.1, 0.15) is 22.7 Å². The number of hydrogen-bond donors (Lipinski definition) is 1. The van der Waals surface area contributed by atoms with Gasteiger partial charge in [0.15, 0.2) is 0 Å². The average molecular weight is 491 g/mol. The number of hydrogen-bond acceptors (Lipinski definition) is 4. The van der Waals surface area contributed by atoms with Crippen LogP contribution in [0.2, 0.25) is 5.02 Å². The Labute approximate surface area is 197 Å². The molecule has 2 amide bonds. The van der Waals surface area contributed by atoms with E-state index in [0.717, 1.165) is 17.2 Å². The Hall–Kier alpha value is -3.04. The summed E-state index contributed by atoms with van der Waals surface area (Å²) in [5, 5.41) is 9.07. The molecule has 0 fully saturated rings. The number of pyridine rings is 1. The van der Waals surface area contributed by atoms with Crippen molar-refractivity contribution < 1.29 is 18.0 Å². The number of anilines is 1. The van der Waals surface area contributed by atoms with E-state index in [-0.39, 0.29) is 6.54 Å². The Bertz CT molecular complexity index is 1170. The predicted molar refractivity (Wildman–Crippen MR) is 124 cm³/mol. The standard InChI is InChI=1S/C23H18ClF3N4OS/c1-33-18-9-7-17(8-10-18)29-22(32)31-13-19(20-11-4-15(12-28-20)23(25,26)27)21(30-31)14-2-5-16(24)6-3-14/h2-12,19H,13H2,1H3,(H,29,32). The summed E-state index contributed by atoms with van der Waals surface area (Å²) in [6.07, 6.45) is -1.73. The summed E-state index contributed by atoms with van der Waals surface area (Å²) < 4.78 is 38.9. The van der Waals surface area contributed by atoms with Crippen LogP contribution in [0.4, 0.5) is 23.7 Å². The van der Waals surface area contributed by atoms with Crippen LogP contribution in [0.3, 0.4) is 0 Å². The van der Waals surface area contributed by atoms with Gasteiger partial charge in [0.25, 0.3) is 0 Å². The molecule has 0 saturated carbocycles. The first-order chi connectivity index (χ1) is 15.7. The summed E-state index contributed by atoms with van der Waals surface area (Å²) in [5.74, 6) is -0.502. The van der Waals surface area contributed by atoms with E-state index in [0.29, 0.717) is 27.7 Å². The molecule has 1 N–H and O–H groups in total. The molecule has 1 unspecified atom stereocenters. The highest BCUT2D eigenvalue weighted by Crippen LogP contribution is 2.32. The quantitative estimate of drug-likeness (QED) is 0.424. The third-order valence-electron chi connectivity index (χ3n) is 5.10. The third-order valence-corrected chi connectivity index (χ3v) is 6.10. The van der Waals surface area contributed by atoms with Gasteiger partial charge in [-0.1, -0.05) is 23.7 Å². The molecular formula is C23H18ClF3N4OS. The SMILES string of the molecule is CSc1ccc(NC(=O)N2CC(c3ccc(C(F)(F)F)cn3)C(c3ccc(Cl)cc3)=N2)cc1. The molecule has 0 spiro atoms. The van der Waals surface area contributed by atoms with E-state index in [1.165, 1.54) is 11.1 Å². The van der Waals surface area contributed by atoms with Crippen molar-refractivity contribution in [2.24, 2.45) is 5.10 Å². The van der Waals surface area contributed by atoms with Gasteiger partial charge in [0.2, 0.25) is 0 Å². The first-order valence-corrected chi connectivity index (χ1v) is 11.4. The zero-order valence-corrected chi connectivity index (χ0v) is 18.9. The summed E-state index contributed by atoms with van der Waals surface area (Å²) in [6, 6.07) is 16.1. The Kier molecular flexibility index (Phi) is 6.62. The fourth-order valence-corrected chi connectivity index (χ4v) is 3.92. The fourth-order valence-electron chi connectivity index (χ4n) is 3.38. The van der Waals surface area contributed by atoms with E-state index in [9.17, 15) is 18.0 Å². The summed E-state index contributed by atoms with van der Waals surface area (Å²) in [6.45, 7) is 0.130. The van der Waals surface area contributed by atoms with Gasteiger partial charge in [-0.25, -0.2) is 9.80 Å². The summed E-state index contributed by atoms with van der Waals surface area (Å²) in [7, 11) is 0. The minimum Gasteiger partial charge on any atom is -0.306 e. The minimum atomic E-state index is -4.48. The lowest BCUT2D eigenvalue weighted by Crippen LogP contribution is -2.30. The van der Waals surface area contributed by atoms with Crippen LogP contribution in [-0.4, -0.2) is 34.5 Å². The number of amides is 2.